The van der Waals surface area contributed by atoms with Crippen molar-refractivity contribution < 1.29 is 22.4 Å². The normalized spacial score (nSPS) is 17.6. The van der Waals surface area contributed by atoms with Crippen molar-refractivity contribution >= 4 is 33.3 Å². The number of urea groups is 1. The Bertz CT molecular complexity index is 1040. The highest BCUT2D eigenvalue weighted by atomic mass is 32.2. The van der Waals surface area contributed by atoms with E-state index in [1.54, 1.807) is 29.2 Å². The van der Waals surface area contributed by atoms with E-state index >= 15 is 0 Å². The first-order chi connectivity index (χ1) is 13.9. The van der Waals surface area contributed by atoms with Crippen LogP contribution in [0, 0.1) is 6.92 Å². The van der Waals surface area contributed by atoms with Gasteiger partial charge < -0.3 is 15.1 Å². The summed E-state index contributed by atoms with van der Waals surface area (Å²) >= 11 is 0. The molecule has 29 heavy (non-hydrogen) atoms. The summed E-state index contributed by atoms with van der Waals surface area (Å²) in [6.07, 6.45) is 1.66. The number of nitrogens with one attached hydrogen (secondary N) is 2. The van der Waals surface area contributed by atoms with Crippen molar-refractivity contribution in [3.05, 3.63) is 41.9 Å². The van der Waals surface area contributed by atoms with Crippen molar-refractivity contribution in [3.8, 4) is 0 Å². The molecule has 9 nitrogen and oxygen atoms in total. The summed E-state index contributed by atoms with van der Waals surface area (Å²) < 4.78 is 32.3. The van der Waals surface area contributed by atoms with E-state index in [-0.39, 0.29) is 22.4 Å². The number of carbonyl (C=O) groups is 2. The first-order valence-electron chi connectivity index (χ1n) is 9.43. The van der Waals surface area contributed by atoms with Crippen LogP contribution >= 0.6 is 0 Å². The molecule has 4 rings (SSSR count). The lowest BCUT2D eigenvalue weighted by atomic mass is 10.2. The van der Waals surface area contributed by atoms with Gasteiger partial charge in [-0.3, -0.25) is 9.69 Å². The van der Waals surface area contributed by atoms with Gasteiger partial charge in [0, 0.05) is 43.6 Å². The highest BCUT2D eigenvalue weighted by Gasteiger charge is 2.31. The summed E-state index contributed by atoms with van der Waals surface area (Å²) in [5.41, 5.74) is 1.24. The first kappa shape index (κ1) is 19.5. The van der Waals surface area contributed by atoms with Crippen LogP contribution in [0.4, 0.5) is 16.2 Å². The summed E-state index contributed by atoms with van der Waals surface area (Å²) in [6, 6.07) is 7.95. The molecular weight excluding hydrogens is 396 g/mol. The number of aryl methyl sites for hydroxylation is 1. The molecule has 0 radical (unpaired) electrons. The fourth-order valence-corrected chi connectivity index (χ4v) is 5.21. The third-order valence-corrected chi connectivity index (χ3v) is 7.08. The maximum absolute atomic E-state index is 12.7. The number of sulfonamides is 1. The molecule has 0 atom stereocenters. The van der Waals surface area contributed by atoms with E-state index in [9.17, 15) is 18.0 Å². The number of rotatable bonds is 5. The first-order valence-corrected chi connectivity index (χ1v) is 10.9. The van der Waals surface area contributed by atoms with Gasteiger partial charge in [-0.1, -0.05) is 0 Å². The third-order valence-electron chi connectivity index (χ3n) is 5.07. The second-order valence-corrected chi connectivity index (χ2v) is 8.93. The Hall–Kier alpha value is -2.85. The number of hydrogen-bond acceptors (Lipinski definition) is 5. The molecule has 0 aliphatic carbocycles. The van der Waals surface area contributed by atoms with Crippen LogP contribution in [0.1, 0.15) is 29.2 Å². The van der Waals surface area contributed by atoms with Crippen LogP contribution in [0.25, 0.3) is 0 Å². The van der Waals surface area contributed by atoms with Crippen LogP contribution in [-0.4, -0.2) is 50.8 Å². The zero-order chi connectivity index (χ0) is 20.6. The van der Waals surface area contributed by atoms with Gasteiger partial charge in [0.2, 0.25) is 10.0 Å². The highest BCUT2D eigenvalue weighted by molar-refractivity contribution is 7.89. The van der Waals surface area contributed by atoms with E-state index in [0.717, 1.165) is 18.5 Å². The Morgan fingerprint density at radius 3 is 2.45 bits per heavy atom. The van der Waals surface area contributed by atoms with Gasteiger partial charge >= 0.3 is 6.03 Å². The van der Waals surface area contributed by atoms with Crippen molar-refractivity contribution in [1.82, 2.24) is 9.62 Å². The van der Waals surface area contributed by atoms with Gasteiger partial charge in [-0.15, -0.1) is 0 Å². The van der Waals surface area contributed by atoms with Gasteiger partial charge in [0.25, 0.3) is 5.91 Å². The Morgan fingerprint density at radius 2 is 1.83 bits per heavy atom. The topological polar surface area (TPSA) is 112 Å². The summed E-state index contributed by atoms with van der Waals surface area (Å²) in [4.78, 5) is 25.9. The molecule has 2 aliphatic heterocycles. The third kappa shape index (κ3) is 3.73. The van der Waals surface area contributed by atoms with Crippen molar-refractivity contribution in [2.75, 3.05) is 36.4 Å². The SMILES string of the molecule is Cc1oc(C(=O)Nc2ccc(N3CCNC3=O)cc2)cc1S(=O)(=O)N1CCCC1. The fourth-order valence-electron chi connectivity index (χ4n) is 3.54. The van der Waals surface area contributed by atoms with Gasteiger partial charge in [-0.05, 0) is 44.0 Å². The zero-order valence-electron chi connectivity index (χ0n) is 16.0. The Balaban J connectivity index is 1.48. The number of furan rings is 1. The number of amides is 3. The molecule has 10 heteroatoms. The Kier molecular flexibility index (Phi) is 5.05. The number of hydrogen-bond donors (Lipinski definition) is 2. The maximum Gasteiger partial charge on any atom is 0.321 e. The monoisotopic (exact) mass is 418 g/mol. The minimum absolute atomic E-state index is 0.0277. The fraction of sp³-hybridized carbons (Fsp3) is 0.368. The Morgan fingerprint density at radius 1 is 1.14 bits per heavy atom. The van der Waals surface area contributed by atoms with Crippen LogP contribution in [0.3, 0.4) is 0 Å². The van der Waals surface area contributed by atoms with Gasteiger partial charge in [0.15, 0.2) is 5.76 Å². The minimum atomic E-state index is -3.66. The van der Waals surface area contributed by atoms with Gasteiger partial charge in [-0.2, -0.15) is 4.31 Å². The molecule has 3 amide bonds. The van der Waals surface area contributed by atoms with E-state index in [2.05, 4.69) is 10.6 Å². The van der Waals surface area contributed by atoms with E-state index in [4.69, 9.17) is 4.42 Å². The Labute approximate surface area is 168 Å². The molecule has 1 aromatic carbocycles. The summed E-state index contributed by atoms with van der Waals surface area (Å²) in [7, 11) is -3.66. The minimum Gasteiger partial charge on any atom is -0.455 e. The lowest BCUT2D eigenvalue weighted by Gasteiger charge is -2.14. The molecule has 0 saturated carbocycles. The van der Waals surface area contributed by atoms with Crippen LogP contribution < -0.4 is 15.5 Å². The van der Waals surface area contributed by atoms with E-state index in [0.29, 0.717) is 31.9 Å². The van der Waals surface area contributed by atoms with Crippen LogP contribution in [-0.2, 0) is 10.0 Å². The highest BCUT2D eigenvalue weighted by Crippen LogP contribution is 2.27. The predicted octanol–water partition coefficient (Wildman–Crippen LogP) is 2.15. The molecule has 1 aromatic heterocycles. The van der Waals surface area contributed by atoms with Crippen LogP contribution in [0.15, 0.2) is 39.6 Å². The van der Waals surface area contributed by atoms with Gasteiger partial charge in [-0.25, -0.2) is 13.2 Å². The van der Waals surface area contributed by atoms with Crippen LogP contribution in [0.5, 0.6) is 0 Å². The number of anilines is 2. The van der Waals surface area contributed by atoms with E-state index < -0.39 is 15.9 Å². The molecule has 2 N–H and O–H groups in total. The quantitative estimate of drug-likeness (QED) is 0.773. The summed E-state index contributed by atoms with van der Waals surface area (Å²) in [5, 5.41) is 5.42. The number of carbonyl (C=O) groups excluding carboxylic acids is 2. The van der Waals surface area contributed by atoms with Gasteiger partial charge in [0.05, 0.1) is 0 Å². The smallest absolute Gasteiger partial charge is 0.321 e. The van der Waals surface area contributed by atoms with Crippen molar-refractivity contribution in [2.24, 2.45) is 0 Å². The molecule has 3 heterocycles. The number of benzene rings is 1. The van der Waals surface area contributed by atoms with E-state index in [1.165, 1.54) is 17.3 Å². The largest absolute Gasteiger partial charge is 0.455 e. The van der Waals surface area contributed by atoms with E-state index in [1.807, 2.05) is 0 Å². The molecule has 0 bridgehead atoms. The second-order valence-electron chi connectivity index (χ2n) is 7.03. The van der Waals surface area contributed by atoms with Crippen molar-refractivity contribution in [3.63, 3.8) is 0 Å². The molecule has 0 unspecified atom stereocenters. The average molecular weight is 418 g/mol. The second kappa shape index (κ2) is 7.53. The molecule has 0 spiro atoms. The lowest BCUT2D eigenvalue weighted by Crippen LogP contribution is -2.28. The molecule has 2 aromatic rings. The summed E-state index contributed by atoms with van der Waals surface area (Å²) in [6.45, 7) is 3.68. The standard InChI is InChI=1S/C19H22N4O5S/c1-13-17(29(26,27)22-9-2-3-10-22)12-16(28-13)18(24)21-14-4-6-15(7-5-14)23-11-8-20-19(23)25/h4-7,12H,2-3,8-11H2,1H3,(H,20,25)(H,21,24). The van der Waals surface area contributed by atoms with Crippen molar-refractivity contribution in [2.45, 2.75) is 24.7 Å². The van der Waals surface area contributed by atoms with Crippen molar-refractivity contribution in [1.29, 1.82) is 0 Å². The number of nitrogens with zero attached hydrogens (tertiary/aromatic N) is 2. The zero-order valence-corrected chi connectivity index (χ0v) is 16.8. The molecular formula is C19H22N4O5S. The van der Waals surface area contributed by atoms with Crippen LogP contribution in [0.2, 0.25) is 0 Å². The average Bonchev–Trinajstić information content (AvgIpc) is 3.43. The molecule has 154 valence electrons. The molecule has 2 aliphatic rings. The molecule has 2 fully saturated rings. The lowest BCUT2D eigenvalue weighted by molar-refractivity contribution is 0.0995. The molecule has 2 saturated heterocycles. The van der Waals surface area contributed by atoms with Gasteiger partial charge in [0.1, 0.15) is 10.7 Å². The summed E-state index contributed by atoms with van der Waals surface area (Å²) in [5.74, 6) is -0.414. The predicted molar refractivity (Wildman–Crippen MR) is 107 cm³/mol. The maximum atomic E-state index is 12.7.